The van der Waals surface area contributed by atoms with Gasteiger partial charge in [0.25, 0.3) is 11.8 Å². The lowest BCUT2D eigenvalue weighted by molar-refractivity contribution is -0.896. The lowest BCUT2D eigenvalue weighted by Gasteiger charge is -2.33. The van der Waals surface area contributed by atoms with Gasteiger partial charge in [0.2, 0.25) is 0 Å². The Balaban J connectivity index is 1.19. The van der Waals surface area contributed by atoms with Gasteiger partial charge in [-0.3, -0.25) is 9.59 Å². The molecule has 0 unspecified atom stereocenters. The average Bonchev–Trinajstić information content (AvgIpc) is 3.41. The van der Waals surface area contributed by atoms with E-state index in [0.29, 0.717) is 31.9 Å². The van der Waals surface area contributed by atoms with Crippen molar-refractivity contribution in [2.75, 3.05) is 39.3 Å². The number of quaternary nitrogens is 1. The highest BCUT2D eigenvalue weighted by atomic mass is 16.3. The second kappa shape index (κ2) is 7.65. The second-order valence-corrected chi connectivity index (χ2v) is 8.39. The van der Waals surface area contributed by atoms with Crippen LogP contribution in [0.2, 0.25) is 0 Å². The fourth-order valence-electron chi connectivity index (χ4n) is 4.63. The van der Waals surface area contributed by atoms with Crippen molar-refractivity contribution < 1.29 is 18.9 Å². The van der Waals surface area contributed by atoms with E-state index in [2.05, 4.69) is 30.1 Å². The zero-order chi connectivity index (χ0) is 20.7. The number of amides is 2. The first kappa shape index (κ1) is 18.9. The number of furan rings is 1. The van der Waals surface area contributed by atoms with Crippen molar-refractivity contribution in [2.45, 2.75) is 19.9 Å². The minimum Gasteiger partial charge on any atom is -0.459 e. The van der Waals surface area contributed by atoms with Crippen molar-refractivity contribution >= 4 is 22.7 Å². The van der Waals surface area contributed by atoms with Crippen molar-refractivity contribution in [2.24, 2.45) is 0 Å². The lowest BCUT2D eigenvalue weighted by Crippen LogP contribution is -3.15. The molecule has 2 aliphatic heterocycles. The number of rotatable bonds is 3. The van der Waals surface area contributed by atoms with Crippen molar-refractivity contribution in [1.82, 2.24) is 14.8 Å². The monoisotopic (exact) mass is 407 g/mol. The third-order valence-electron chi connectivity index (χ3n) is 6.37. The fraction of sp³-hybridized carbons (Fsp3) is 0.391. The molecule has 5 rings (SSSR count). The Morgan fingerprint density at radius 2 is 1.97 bits per heavy atom. The normalized spacial score (nSPS) is 17.4. The molecule has 4 heterocycles. The van der Waals surface area contributed by atoms with Crippen LogP contribution in [0.1, 0.15) is 27.4 Å². The molecule has 2 aromatic heterocycles. The minimum atomic E-state index is -0.0661. The summed E-state index contributed by atoms with van der Waals surface area (Å²) in [6.07, 6.45) is 2.39. The van der Waals surface area contributed by atoms with E-state index in [1.807, 2.05) is 9.80 Å². The van der Waals surface area contributed by atoms with Gasteiger partial charge in [-0.05, 0) is 31.2 Å². The van der Waals surface area contributed by atoms with Gasteiger partial charge in [0.15, 0.2) is 12.3 Å². The summed E-state index contributed by atoms with van der Waals surface area (Å²) in [7, 11) is 0. The Bertz CT molecular complexity index is 1080. The number of nitrogens with zero attached hydrogens (tertiary/aromatic N) is 2. The number of hydrogen-bond donors (Lipinski definition) is 2. The Morgan fingerprint density at radius 3 is 2.73 bits per heavy atom. The highest BCUT2D eigenvalue weighted by molar-refractivity contribution is 5.91. The molecule has 2 aliphatic rings. The van der Waals surface area contributed by atoms with Crippen LogP contribution in [0.5, 0.6) is 0 Å². The molecule has 7 heteroatoms. The summed E-state index contributed by atoms with van der Waals surface area (Å²) in [5, 5.41) is 1.24. The predicted molar refractivity (Wildman–Crippen MR) is 112 cm³/mol. The molecule has 2 N–H and O–H groups in total. The number of hydrogen-bond acceptors (Lipinski definition) is 3. The summed E-state index contributed by atoms with van der Waals surface area (Å²) >= 11 is 0. The van der Waals surface area contributed by atoms with E-state index in [4.69, 9.17) is 4.42 Å². The number of aromatic nitrogens is 1. The van der Waals surface area contributed by atoms with Crippen LogP contribution in [-0.4, -0.2) is 65.9 Å². The van der Waals surface area contributed by atoms with E-state index in [1.165, 1.54) is 33.4 Å². The third-order valence-corrected chi connectivity index (χ3v) is 6.37. The smallest absolute Gasteiger partial charge is 0.289 e. The van der Waals surface area contributed by atoms with Crippen molar-refractivity contribution in [3.63, 3.8) is 0 Å². The molecule has 1 fully saturated rings. The first-order chi connectivity index (χ1) is 14.6. The summed E-state index contributed by atoms with van der Waals surface area (Å²) in [6.45, 7) is 6.88. The van der Waals surface area contributed by atoms with Gasteiger partial charge in [-0.25, -0.2) is 0 Å². The van der Waals surface area contributed by atoms with E-state index in [1.54, 1.807) is 12.1 Å². The molecular weight excluding hydrogens is 380 g/mol. The van der Waals surface area contributed by atoms with Crippen molar-refractivity contribution in [1.29, 1.82) is 0 Å². The quantitative estimate of drug-likeness (QED) is 0.680. The average molecular weight is 407 g/mol. The number of carbonyl (C=O) groups is 2. The molecule has 1 saturated heterocycles. The standard InChI is InChI=1S/C23H26N4O3/c1-16-4-5-19-17(13-16)18-14-27(7-6-20(18)24-19)22(28)15-25-8-10-26(11-9-25)23(29)21-3-2-12-30-21/h2-5,12-13,24H,6-11,14-15H2,1H3/p+1. The highest BCUT2D eigenvalue weighted by Crippen LogP contribution is 2.28. The third kappa shape index (κ3) is 3.50. The maximum absolute atomic E-state index is 13.0. The van der Waals surface area contributed by atoms with E-state index < -0.39 is 0 Å². The van der Waals surface area contributed by atoms with Crippen LogP contribution < -0.4 is 4.90 Å². The van der Waals surface area contributed by atoms with Crippen LogP contribution in [0.15, 0.2) is 41.0 Å². The van der Waals surface area contributed by atoms with Crippen LogP contribution in [-0.2, 0) is 17.8 Å². The van der Waals surface area contributed by atoms with Crippen LogP contribution in [0.3, 0.4) is 0 Å². The largest absolute Gasteiger partial charge is 0.459 e. The lowest BCUT2D eigenvalue weighted by atomic mass is 10.0. The summed E-state index contributed by atoms with van der Waals surface area (Å²) in [5.74, 6) is 0.514. The molecule has 0 bridgehead atoms. The van der Waals surface area contributed by atoms with Gasteiger partial charge in [-0.2, -0.15) is 0 Å². The number of benzene rings is 1. The number of aromatic amines is 1. The molecule has 0 saturated carbocycles. The maximum Gasteiger partial charge on any atom is 0.289 e. The van der Waals surface area contributed by atoms with E-state index in [0.717, 1.165) is 31.6 Å². The Kier molecular flexibility index (Phi) is 4.83. The summed E-state index contributed by atoms with van der Waals surface area (Å²) in [4.78, 5) is 34.0. The summed E-state index contributed by atoms with van der Waals surface area (Å²) < 4.78 is 5.22. The Hall–Kier alpha value is -3.06. The van der Waals surface area contributed by atoms with Crippen molar-refractivity contribution in [3.05, 3.63) is 59.2 Å². The number of H-pyrrole nitrogens is 1. The number of fused-ring (bicyclic) bond motifs is 3. The van der Waals surface area contributed by atoms with Crippen LogP contribution in [0.4, 0.5) is 0 Å². The molecule has 1 aromatic carbocycles. The van der Waals surface area contributed by atoms with Gasteiger partial charge in [0.1, 0.15) is 0 Å². The molecule has 30 heavy (non-hydrogen) atoms. The van der Waals surface area contributed by atoms with Gasteiger partial charge in [0, 0.05) is 41.7 Å². The zero-order valence-corrected chi connectivity index (χ0v) is 17.2. The van der Waals surface area contributed by atoms with Crippen LogP contribution in [0.25, 0.3) is 10.9 Å². The molecule has 2 amide bonds. The second-order valence-electron chi connectivity index (χ2n) is 8.39. The van der Waals surface area contributed by atoms with Gasteiger partial charge in [-0.1, -0.05) is 11.6 Å². The maximum atomic E-state index is 13.0. The van der Waals surface area contributed by atoms with Gasteiger partial charge >= 0.3 is 0 Å². The Morgan fingerprint density at radius 1 is 1.13 bits per heavy atom. The molecule has 7 nitrogen and oxygen atoms in total. The number of piperazine rings is 1. The first-order valence-electron chi connectivity index (χ1n) is 10.6. The molecule has 3 aromatic rings. The molecule has 156 valence electrons. The highest BCUT2D eigenvalue weighted by Gasteiger charge is 2.30. The molecular formula is C23H27N4O3+. The fourth-order valence-corrected chi connectivity index (χ4v) is 4.63. The number of carbonyl (C=O) groups excluding carboxylic acids is 2. The summed E-state index contributed by atoms with van der Waals surface area (Å²) in [6, 6.07) is 9.88. The van der Waals surface area contributed by atoms with E-state index in [-0.39, 0.29) is 11.8 Å². The molecule has 0 spiro atoms. The zero-order valence-electron chi connectivity index (χ0n) is 17.2. The number of nitrogens with one attached hydrogen (secondary N) is 2. The molecule has 0 radical (unpaired) electrons. The van der Waals surface area contributed by atoms with Gasteiger partial charge in [-0.15, -0.1) is 0 Å². The molecule has 0 atom stereocenters. The van der Waals surface area contributed by atoms with Gasteiger partial charge in [0.05, 0.1) is 32.4 Å². The topological polar surface area (TPSA) is 74.0 Å². The predicted octanol–water partition coefficient (Wildman–Crippen LogP) is 0.995. The van der Waals surface area contributed by atoms with Crippen LogP contribution in [0, 0.1) is 6.92 Å². The minimum absolute atomic E-state index is 0.0661. The SMILES string of the molecule is Cc1ccc2[nH]c3c(c2c1)CN(C(=O)C[NH+]1CCN(C(=O)c2ccco2)CC1)CC3. The Labute approximate surface area is 175 Å². The van der Waals surface area contributed by atoms with Crippen molar-refractivity contribution in [3.8, 4) is 0 Å². The van der Waals surface area contributed by atoms with E-state index >= 15 is 0 Å². The van der Waals surface area contributed by atoms with Crippen LogP contribution >= 0.6 is 0 Å². The molecule has 0 aliphatic carbocycles. The number of aryl methyl sites for hydroxylation is 1. The van der Waals surface area contributed by atoms with Gasteiger partial charge < -0.3 is 24.1 Å². The van der Waals surface area contributed by atoms with E-state index in [9.17, 15) is 9.59 Å². The summed E-state index contributed by atoms with van der Waals surface area (Å²) in [5.41, 5.74) is 4.91. The first-order valence-corrected chi connectivity index (χ1v) is 10.6.